The minimum Gasteiger partial charge on any atom is -0.437 e. The SMILES string of the molecule is [B]c1c([B])c([B])c2c(c1[B])c1c([B])c([B])c([B])c([B])c1n2-c1ccc2c3ccccc3c3ccccc3c2c1-c1cccc2c1oc1nc(-c3ccccc3)nc(-c3ccccc3)c12. The first-order valence-corrected chi connectivity index (χ1v) is 20.7. The summed E-state index contributed by atoms with van der Waals surface area (Å²) in [6, 6.07) is 47.1. The molecule has 0 aliphatic rings. The molecule has 9 aromatic carbocycles. The van der Waals surface area contributed by atoms with Crippen LogP contribution in [0.4, 0.5) is 0 Å². The Morgan fingerprint density at radius 1 is 0.375 bits per heavy atom. The normalized spacial score (nSPS) is 11.9. The topological polar surface area (TPSA) is 43.9 Å². The maximum Gasteiger partial charge on any atom is 0.231 e. The molecule has 3 aromatic heterocycles. The van der Waals surface area contributed by atoms with Crippen molar-refractivity contribution >= 4 is 183 Å². The molecule has 0 saturated carbocycles. The van der Waals surface area contributed by atoms with Gasteiger partial charge in [-0.3, -0.25) is 0 Å². The fourth-order valence-electron chi connectivity index (χ4n) is 9.81. The van der Waals surface area contributed by atoms with Crippen molar-refractivity contribution in [3.8, 4) is 39.5 Å². The molecule has 0 unspecified atom stereocenters. The fourth-order valence-corrected chi connectivity index (χ4v) is 9.81. The number of aromatic nitrogens is 3. The molecule has 4 nitrogen and oxygen atoms in total. The number of rotatable bonds is 4. The summed E-state index contributed by atoms with van der Waals surface area (Å²) >= 11 is 0. The van der Waals surface area contributed by atoms with Crippen molar-refractivity contribution in [3.05, 3.63) is 140 Å². The van der Waals surface area contributed by atoms with Crippen molar-refractivity contribution in [3.63, 3.8) is 0 Å². The molecule has 0 amide bonds. The molecule has 0 fully saturated rings. The molecule has 3 heterocycles. The summed E-state index contributed by atoms with van der Waals surface area (Å²) in [6.07, 6.45) is 0. The van der Waals surface area contributed by atoms with E-state index in [0.29, 0.717) is 44.6 Å². The van der Waals surface area contributed by atoms with Crippen LogP contribution < -0.4 is 43.7 Å². The van der Waals surface area contributed by atoms with Crippen molar-refractivity contribution < 1.29 is 4.42 Å². The largest absolute Gasteiger partial charge is 0.437 e. The second-order valence-electron chi connectivity index (χ2n) is 16.2. The van der Waals surface area contributed by atoms with Gasteiger partial charge in [0, 0.05) is 44.1 Å². The van der Waals surface area contributed by atoms with Gasteiger partial charge in [-0.25, -0.2) is 4.98 Å². The van der Waals surface area contributed by atoms with E-state index in [2.05, 4.69) is 54.6 Å². The van der Waals surface area contributed by atoms with Gasteiger partial charge in [0.1, 0.15) is 68.4 Å². The van der Waals surface area contributed by atoms with Crippen molar-refractivity contribution in [1.82, 2.24) is 14.5 Å². The molecule has 0 atom stereocenters. The average molecular weight is 792 g/mol. The summed E-state index contributed by atoms with van der Waals surface area (Å²) < 4.78 is 9.03. The molecule has 0 aliphatic carbocycles. The van der Waals surface area contributed by atoms with Gasteiger partial charge in [-0.2, -0.15) is 4.98 Å². The molecule has 12 rings (SSSR count). The Morgan fingerprint density at radius 2 is 0.859 bits per heavy atom. The van der Waals surface area contributed by atoms with Gasteiger partial charge < -0.3 is 8.98 Å². The Kier molecular flexibility index (Phi) is 8.59. The minimum absolute atomic E-state index is 0.117. The molecular weight excluding hydrogens is 769 g/mol. The van der Waals surface area contributed by atoms with Crippen LogP contribution in [0.5, 0.6) is 0 Å². The molecule has 12 heteroatoms. The summed E-state index contributed by atoms with van der Waals surface area (Å²) in [5.41, 5.74) is 7.83. The standard InChI is InChI=1S/C52H23B8N3O/c53-39-37-38-40(54)42(56)44(58)46(60)49(38)63(48(37)45(59)43(57)41(39)55)33-23-22-30-28-18-8-7-16-26(28)27-17-9-10-19-29(27)34(30)35(33)31-20-11-21-32-36-47(24-12-3-1-4-13-24)61-51(25-14-5-2-6-15-25)62-52(36)64-50(31)32/h1-23H. The summed E-state index contributed by atoms with van der Waals surface area (Å²) in [6.45, 7) is 0. The zero-order valence-electron chi connectivity index (χ0n) is 34.1. The third kappa shape index (κ3) is 5.29. The highest BCUT2D eigenvalue weighted by Gasteiger charge is 2.28. The van der Waals surface area contributed by atoms with Gasteiger partial charge in [0.2, 0.25) is 5.71 Å². The molecule has 0 spiro atoms. The Labute approximate surface area is 378 Å². The molecule has 16 radical (unpaired) electrons. The van der Waals surface area contributed by atoms with E-state index in [-0.39, 0.29) is 43.7 Å². The molecule has 0 saturated heterocycles. The van der Waals surface area contributed by atoms with E-state index in [1.165, 1.54) is 0 Å². The van der Waals surface area contributed by atoms with E-state index < -0.39 is 0 Å². The number of benzene rings is 9. The lowest BCUT2D eigenvalue weighted by molar-refractivity contribution is 0.654. The van der Waals surface area contributed by atoms with E-state index in [1.54, 1.807) is 0 Å². The van der Waals surface area contributed by atoms with Crippen LogP contribution in [0.3, 0.4) is 0 Å². The number of furan rings is 1. The van der Waals surface area contributed by atoms with Gasteiger partial charge in [0.15, 0.2) is 5.82 Å². The van der Waals surface area contributed by atoms with Gasteiger partial charge in [-0.15, -0.1) is 21.9 Å². The smallest absolute Gasteiger partial charge is 0.231 e. The van der Waals surface area contributed by atoms with Crippen molar-refractivity contribution in [2.45, 2.75) is 0 Å². The average Bonchev–Trinajstić information content (AvgIpc) is 3.91. The number of para-hydroxylation sites is 1. The number of hydrogen-bond donors (Lipinski definition) is 0. The third-order valence-electron chi connectivity index (χ3n) is 12.8. The Hall–Kier alpha value is -7.04. The molecule has 0 N–H and O–H groups in total. The maximum absolute atomic E-state index is 7.09. The van der Waals surface area contributed by atoms with Crippen LogP contribution in [0, 0.1) is 0 Å². The van der Waals surface area contributed by atoms with Crippen LogP contribution >= 0.6 is 0 Å². The molecule has 12 aromatic rings. The van der Waals surface area contributed by atoms with Crippen LogP contribution in [0.25, 0.3) is 116 Å². The highest BCUT2D eigenvalue weighted by atomic mass is 16.3. The number of fused-ring (bicyclic) bond motifs is 12. The van der Waals surface area contributed by atoms with E-state index in [1.807, 2.05) is 89.5 Å². The zero-order chi connectivity index (χ0) is 43.7. The number of nitrogens with zero attached hydrogens (tertiary/aromatic N) is 3. The van der Waals surface area contributed by atoms with Gasteiger partial charge >= 0.3 is 0 Å². The van der Waals surface area contributed by atoms with E-state index >= 15 is 0 Å². The highest BCUT2D eigenvalue weighted by molar-refractivity contribution is 6.71. The van der Waals surface area contributed by atoms with Crippen LogP contribution in [0.1, 0.15) is 0 Å². The van der Waals surface area contributed by atoms with Gasteiger partial charge in [-0.05, 0) is 43.8 Å². The Bertz CT molecular complexity index is 3890. The van der Waals surface area contributed by atoms with Crippen molar-refractivity contribution in [1.29, 1.82) is 0 Å². The summed E-state index contributed by atoms with van der Waals surface area (Å²) in [7, 11) is 54.4. The third-order valence-corrected chi connectivity index (χ3v) is 12.8. The van der Waals surface area contributed by atoms with Gasteiger partial charge in [-0.1, -0.05) is 155 Å². The Balaban J connectivity index is 1.33. The number of hydrogen-bond acceptors (Lipinski definition) is 3. The lowest BCUT2D eigenvalue weighted by atomic mass is 9.63. The zero-order valence-corrected chi connectivity index (χ0v) is 34.1. The molecule has 276 valence electrons. The summed E-state index contributed by atoms with van der Waals surface area (Å²) in [5.74, 6) is 0.538. The first-order chi connectivity index (χ1) is 31.1. The Morgan fingerprint density at radius 3 is 1.45 bits per heavy atom. The van der Waals surface area contributed by atoms with Crippen molar-refractivity contribution in [2.75, 3.05) is 0 Å². The maximum atomic E-state index is 7.09. The molecule has 0 bridgehead atoms. The second-order valence-corrected chi connectivity index (χ2v) is 16.2. The van der Waals surface area contributed by atoms with Crippen LogP contribution in [-0.4, -0.2) is 77.3 Å². The highest BCUT2D eigenvalue weighted by Crippen LogP contribution is 2.48. The van der Waals surface area contributed by atoms with E-state index in [4.69, 9.17) is 77.2 Å². The van der Waals surface area contributed by atoms with Gasteiger partial charge in [0.25, 0.3) is 0 Å². The van der Waals surface area contributed by atoms with E-state index in [9.17, 15) is 0 Å². The monoisotopic (exact) mass is 793 g/mol. The first kappa shape index (κ1) is 38.6. The van der Waals surface area contributed by atoms with Crippen LogP contribution in [-0.2, 0) is 0 Å². The van der Waals surface area contributed by atoms with Crippen LogP contribution in [0.15, 0.2) is 144 Å². The molecule has 0 aliphatic heterocycles. The van der Waals surface area contributed by atoms with Gasteiger partial charge in [0.05, 0.1) is 16.8 Å². The predicted molar refractivity (Wildman–Crippen MR) is 276 cm³/mol. The molecular formula is C52H23B8N3O. The quantitative estimate of drug-likeness (QED) is 0.198. The minimum atomic E-state index is 0.117. The van der Waals surface area contributed by atoms with E-state index in [0.717, 1.165) is 71.0 Å². The lowest BCUT2D eigenvalue weighted by Gasteiger charge is -2.22. The summed E-state index contributed by atoms with van der Waals surface area (Å²) in [5, 5.41) is 8.68. The first-order valence-electron chi connectivity index (χ1n) is 20.7. The lowest BCUT2D eigenvalue weighted by Crippen LogP contribution is -2.49. The molecule has 64 heavy (non-hydrogen) atoms. The second kappa shape index (κ2) is 14.2. The van der Waals surface area contributed by atoms with Crippen LogP contribution in [0.2, 0.25) is 0 Å². The summed E-state index contributed by atoms with van der Waals surface area (Å²) in [4.78, 5) is 10.3. The fraction of sp³-hybridized carbons (Fsp3) is 0. The van der Waals surface area contributed by atoms with Crippen molar-refractivity contribution in [2.24, 2.45) is 0 Å². The predicted octanol–water partition coefficient (Wildman–Crippen LogP) is 4.28.